The molecule has 1 aliphatic rings. The molecule has 1 unspecified atom stereocenters. The minimum absolute atomic E-state index is 0.0503. The molecule has 1 atom stereocenters. The van der Waals surface area contributed by atoms with Gasteiger partial charge in [-0.15, -0.1) is 0 Å². The molecule has 0 aliphatic carbocycles. The fourth-order valence-electron chi connectivity index (χ4n) is 2.82. The summed E-state index contributed by atoms with van der Waals surface area (Å²) in [5, 5.41) is 11.8. The van der Waals surface area contributed by atoms with Crippen LogP contribution in [0.1, 0.15) is 24.0 Å². The zero-order valence-corrected chi connectivity index (χ0v) is 12.6. The second-order valence-electron chi connectivity index (χ2n) is 5.78. The van der Waals surface area contributed by atoms with Crippen molar-refractivity contribution in [1.29, 1.82) is 0 Å². The van der Waals surface area contributed by atoms with Crippen LogP contribution in [0, 0.1) is 5.82 Å². The third-order valence-corrected chi connectivity index (χ3v) is 4.06. The largest absolute Gasteiger partial charge is 0.409 e. The summed E-state index contributed by atoms with van der Waals surface area (Å²) in [6.45, 7) is 2.66. The molecule has 1 fully saturated rings. The van der Waals surface area contributed by atoms with Gasteiger partial charge in [-0.3, -0.25) is 4.90 Å². The van der Waals surface area contributed by atoms with Crippen LogP contribution >= 0.6 is 0 Å². The van der Waals surface area contributed by atoms with Crippen molar-refractivity contribution in [2.75, 3.05) is 27.2 Å². The summed E-state index contributed by atoms with van der Waals surface area (Å²) in [6, 6.07) is 4.97. The number of likely N-dealkylation sites (N-methyl/N-ethyl adjacent to an activating group) is 1. The van der Waals surface area contributed by atoms with E-state index < -0.39 is 0 Å². The predicted molar refractivity (Wildman–Crippen MR) is 80.9 cm³/mol. The van der Waals surface area contributed by atoms with Crippen LogP contribution in [0.25, 0.3) is 0 Å². The molecule has 0 spiro atoms. The van der Waals surface area contributed by atoms with E-state index in [1.54, 1.807) is 6.07 Å². The van der Waals surface area contributed by atoms with Crippen molar-refractivity contribution in [1.82, 2.24) is 9.80 Å². The van der Waals surface area contributed by atoms with Crippen LogP contribution in [0.5, 0.6) is 0 Å². The number of hydrogen-bond acceptors (Lipinski definition) is 4. The van der Waals surface area contributed by atoms with Gasteiger partial charge in [0.05, 0.1) is 0 Å². The van der Waals surface area contributed by atoms with Gasteiger partial charge in [0.15, 0.2) is 5.84 Å². The molecule has 3 N–H and O–H groups in total. The van der Waals surface area contributed by atoms with Crippen LogP contribution in [0.15, 0.2) is 23.4 Å². The van der Waals surface area contributed by atoms with Crippen LogP contribution in [0.2, 0.25) is 0 Å². The topological polar surface area (TPSA) is 65.1 Å². The van der Waals surface area contributed by atoms with E-state index in [4.69, 9.17) is 10.9 Å². The molecule has 21 heavy (non-hydrogen) atoms. The highest BCUT2D eigenvalue weighted by molar-refractivity contribution is 5.98. The first-order valence-electron chi connectivity index (χ1n) is 7.16. The molecule has 1 aromatic rings. The fourth-order valence-corrected chi connectivity index (χ4v) is 2.82. The molecular weight excluding hydrogens is 271 g/mol. The third-order valence-electron chi connectivity index (χ3n) is 4.06. The van der Waals surface area contributed by atoms with Crippen LogP contribution in [-0.2, 0) is 6.54 Å². The maximum atomic E-state index is 13.4. The number of rotatable bonds is 4. The molecule has 0 bridgehead atoms. The molecule has 6 heteroatoms. The van der Waals surface area contributed by atoms with Gasteiger partial charge in [-0.1, -0.05) is 11.2 Å². The van der Waals surface area contributed by atoms with Crippen molar-refractivity contribution < 1.29 is 9.60 Å². The standard InChI is InChI=1S/C15H23FN4O/c1-19(2)13-4-3-7-20(10-13)9-11-5-6-12(16)8-14(11)15(17)18-21/h5-6,8,13,21H,3-4,7,9-10H2,1-2H3,(H2,17,18). The van der Waals surface area contributed by atoms with Crippen LogP contribution in [0.3, 0.4) is 0 Å². The minimum atomic E-state index is -0.384. The number of piperidine rings is 1. The zero-order chi connectivity index (χ0) is 15.4. The van der Waals surface area contributed by atoms with Gasteiger partial charge in [-0.25, -0.2) is 4.39 Å². The van der Waals surface area contributed by atoms with Gasteiger partial charge in [0.25, 0.3) is 0 Å². The molecule has 2 rings (SSSR count). The first kappa shape index (κ1) is 15.7. The Kier molecular flexibility index (Phi) is 5.14. The number of oxime groups is 1. The second-order valence-corrected chi connectivity index (χ2v) is 5.78. The van der Waals surface area contributed by atoms with E-state index in [0.717, 1.165) is 25.1 Å². The lowest BCUT2D eigenvalue weighted by Crippen LogP contribution is -2.44. The lowest BCUT2D eigenvalue weighted by molar-refractivity contribution is 0.128. The average Bonchev–Trinajstić information content (AvgIpc) is 2.48. The summed E-state index contributed by atoms with van der Waals surface area (Å²) in [5.74, 6) is -0.434. The summed E-state index contributed by atoms with van der Waals surface area (Å²) in [7, 11) is 4.18. The van der Waals surface area contributed by atoms with Gasteiger partial charge in [0, 0.05) is 24.7 Å². The highest BCUT2D eigenvalue weighted by atomic mass is 19.1. The van der Waals surface area contributed by atoms with E-state index in [-0.39, 0.29) is 11.7 Å². The first-order valence-corrected chi connectivity index (χ1v) is 7.16. The van der Waals surface area contributed by atoms with Gasteiger partial charge >= 0.3 is 0 Å². The van der Waals surface area contributed by atoms with Crippen molar-refractivity contribution in [3.8, 4) is 0 Å². The number of halogens is 1. The van der Waals surface area contributed by atoms with E-state index in [1.807, 2.05) is 0 Å². The maximum Gasteiger partial charge on any atom is 0.170 e. The monoisotopic (exact) mass is 294 g/mol. The van der Waals surface area contributed by atoms with E-state index in [2.05, 4.69) is 29.1 Å². The summed E-state index contributed by atoms with van der Waals surface area (Å²) >= 11 is 0. The molecule has 0 saturated carbocycles. The van der Waals surface area contributed by atoms with Crippen LogP contribution < -0.4 is 5.73 Å². The normalized spacial score (nSPS) is 21.0. The number of benzene rings is 1. The molecule has 0 radical (unpaired) electrons. The molecule has 0 aromatic heterocycles. The van der Waals surface area contributed by atoms with Crippen LogP contribution in [0.4, 0.5) is 4.39 Å². The van der Waals surface area contributed by atoms with Gasteiger partial charge in [0.1, 0.15) is 5.82 Å². The molecule has 1 heterocycles. The second kappa shape index (κ2) is 6.87. The number of hydrogen-bond donors (Lipinski definition) is 2. The highest BCUT2D eigenvalue weighted by Gasteiger charge is 2.22. The number of amidine groups is 1. The van der Waals surface area contributed by atoms with Crippen molar-refractivity contribution >= 4 is 5.84 Å². The summed E-state index contributed by atoms with van der Waals surface area (Å²) in [4.78, 5) is 4.57. The Bertz CT molecular complexity index is 518. The molecule has 0 amide bonds. The lowest BCUT2D eigenvalue weighted by atomic mass is 10.0. The van der Waals surface area contributed by atoms with Crippen molar-refractivity contribution in [3.05, 3.63) is 35.1 Å². The Morgan fingerprint density at radius 2 is 2.29 bits per heavy atom. The third kappa shape index (κ3) is 3.92. The van der Waals surface area contributed by atoms with Crippen LogP contribution in [-0.4, -0.2) is 54.1 Å². The molecule has 1 aromatic carbocycles. The summed E-state index contributed by atoms with van der Waals surface area (Å²) in [5.41, 5.74) is 6.99. The predicted octanol–water partition coefficient (Wildman–Crippen LogP) is 1.45. The number of likely N-dealkylation sites (tertiary alicyclic amines) is 1. The average molecular weight is 294 g/mol. The zero-order valence-electron chi connectivity index (χ0n) is 12.6. The van der Waals surface area contributed by atoms with Crippen molar-refractivity contribution in [3.63, 3.8) is 0 Å². The van der Waals surface area contributed by atoms with Gasteiger partial charge in [-0.2, -0.15) is 0 Å². The minimum Gasteiger partial charge on any atom is -0.409 e. The van der Waals surface area contributed by atoms with Crippen molar-refractivity contribution in [2.45, 2.75) is 25.4 Å². The quantitative estimate of drug-likeness (QED) is 0.382. The Balaban J connectivity index is 2.15. The van der Waals surface area contributed by atoms with E-state index >= 15 is 0 Å². The number of nitrogens with two attached hydrogens (primary N) is 1. The molecular formula is C15H23FN4O. The van der Waals surface area contributed by atoms with E-state index in [9.17, 15) is 4.39 Å². The Labute approximate surface area is 124 Å². The highest BCUT2D eigenvalue weighted by Crippen LogP contribution is 2.19. The SMILES string of the molecule is CN(C)C1CCCN(Cc2ccc(F)cc2C(N)=NO)C1. The Morgan fingerprint density at radius 1 is 1.52 bits per heavy atom. The van der Waals surface area contributed by atoms with Gasteiger partial charge in [0.2, 0.25) is 0 Å². The van der Waals surface area contributed by atoms with E-state index in [1.165, 1.54) is 18.6 Å². The Morgan fingerprint density at radius 3 is 2.95 bits per heavy atom. The molecule has 1 saturated heterocycles. The smallest absolute Gasteiger partial charge is 0.170 e. The first-order chi connectivity index (χ1) is 10.0. The molecule has 1 aliphatic heterocycles. The van der Waals surface area contributed by atoms with Gasteiger partial charge in [-0.05, 0) is 51.2 Å². The van der Waals surface area contributed by atoms with Crippen molar-refractivity contribution in [2.24, 2.45) is 10.9 Å². The maximum absolute atomic E-state index is 13.4. The Hall–Kier alpha value is -1.66. The molecule has 116 valence electrons. The summed E-state index contributed by atoms with van der Waals surface area (Å²) < 4.78 is 13.4. The lowest BCUT2D eigenvalue weighted by Gasteiger charge is -2.36. The summed E-state index contributed by atoms with van der Waals surface area (Å²) in [6.07, 6.45) is 2.34. The fraction of sp³-hybridized carbons (Fsp3) is 0.533. The number of nitrogens with zero attached hydrogens (tertiary/aromatic N) is 3. The van der Waals surface area contributed by atoms with Gasteiger partial charge < -0.3 is 15.8 Å². The van der Waals surface area contributed by atoms with E-state index in [0.29, 0.717) is 18.2 Å². The molecule has 5 nitrogen and oxygen atoms in total.